The second kappa shape index (κ2) is 6.00. The first-order chi connectivity index (χ1) is 8.45. The molecule has 1 aromatic heterocycles. The molecule has 1 rings (SSSR count). The number of methoxy groups -OCH3 is 1. The molecule has 0 aliphatic rings. The first kappa shape index (κ1) is 14.0. The standard InChI is InChI=1S/C12H17N3O3/c1-14(2)10-6-5-9(7-13-10)12(17)15(3)8-11(16)18-4/h5-7H,8H2,1-4H3. The number of rotatable bonds is 4. The fraction of sp³-hybridized carbons (Fsp3) is 0.417. The normalized spacial score (nSPS) is 9.78. The SMILES string of the molecule is COC(=O)CN(C)C(=O)c1ccc(N(C)C)nc1. The Kier molecular flexibility index (Phi) is 4.65. The zero-order valence-electron chi connectivity index (χ0n) is 11.0. The summed E-state index contributed by atoms with van der Waals surface area (Å²) in [5.41, 5.74) is 0.437. The van der Waals surface area contributed by atoms with Crippen molar-refractivity contribution in [3.05, 3.63) is 23.9 Å². The summed E-state index contributed by atoms with van der Waals surface area (Å²) in [6, 6.07) is 3.43. The summed E-state index contributed by atoms with van der Waals surface area (Å²) in [5, 5.41) is 0. The van der Waals surface area contributed by atoms with E-state index in [1.807, 2.05) is 19.0 Å². The first-order valence-electron chi connectivity index (χ1n) is 5.41. The molecule has 6 nitrogen and oxygen atoms in total. The fourth-order valence-corrected chi connectivity index (χ4v) is 1.33. The zero-order valence-corrected chi connectivity index (χ0v) is 11.0. The number of aromatic nitrogens is 1. The van der Waals surface area contributed by atoms with Crippen molar-refractivity contribution in [1.29, 1.82) is 0 Å². The van der Waals surface area contributed by atoms with Gasteiger partial charge in [0.2, 0.25) is 0 Å². The lowest BCUT2D eigenvalue weighted by Gasteiger charge is -2.16. The Morgan fingerprint density at radius 1 is 1.28 bits per heavy atom. The van der Waals surface area contributed by atoms with Gasteiger partial charge in [-0.3, -0.25) is 9.59 Å². The lowest BCUT2D eigenvalue weighted by molar-refractivity contribution is -0.141. The molecule has 0 radical (unpaired) electrons. The van der Waals surface area contributed by atoms with Crippen LogP contribution in [0.1, 0.15) is 10.4 Å². The molecule has 0 bridgehead atoms. The molecule has 0 aliphatic heterocycles. The van der Waals surface area contributed by atoms with Gasteiger partial charge in [0.25, 0.3) is 5.91 Å². The van der Waals surface area contributed by atoms with E-state index in [0.29, 0.717) is 5.56 Å². The smallest absolute Gasteiger partial charge is 0.325 e. The lowest BCUT2D eigenvalue weighted by Crippen LogP contribution is -2.32. The molecule has 98 valence electrons. The van der Waals surface area contributed by atoms with E-state index in [2.05, 4.69) is 9.72 Å². The van der Waals surface area contributed by atoms with Crippen LogP contribution in [0.5, 0.6) is 0 Å². The zero-order chi connectivity index (χ0) is 13.7. The summed E-state index contributed by atoms with van der Waals surface area (Å²) in [6.45, 7) is -0.0786. The van der Waals surface area contributed by atoms with Crippen molar-refractivity contribution in [2.75, 3.05) is 39.7 Å². The van der Waals surface area contributed by atoms with Gasteiger partial charge in [0, 0.05) is 27.3 Å². The largest absolute Gasteiger partial charge is 0.468 e. The van der Waals surface area contributed by atoms with Crippen LogP contribution < -0.4 is 4.90 Å². The number of amides is 1. The van der Waals surface area contributed by atoms with Crippen LogP contribution >= 0.6 is 0 Å². The monoisotopic (exact) mass is 251 g/mol. The molecule has 0 aromatic carbocycles. The molecule has 0 aliphatic carbocycles. The third-order valence-corrected chi connectivity index (χ3v) is 2.39. The fourth-order valence-electron chi connectivity index (χ4n) is 1.33. The number of anilines is 1. The molecule has 0 saturated carbocycles. The lowest BCUT2D eigenvalue weighted by atomic mass is 10.2. The van der Waals surface area contributed by atoms with E-state index < -0.39 is 5.97 Å². The molecule has 1 heterocycles. The topological polar surface area (TPSA) is 62.7 Å². The van der Waals surface area contributed by atoms with Gasteiger partial charge in [-0.25, -0.2) is 4.98 Å². The Balaban J connectivity index is 2.74. The molecule has 0 N–H and O–H groups in total. The quantitative estimate of drug-likeness (QED) is 0.724. The van der Waals surface area contributed by atoms with Crippen molar-refractivity contribution in [3.8, 4) is 0 Å². The van der Waals surface area contributed by atoms with Crippen molar-refractivity contribution in [3.63, 3.8) is 0 Å². The van der Waals surface area contributed by atoms with Gasteiger partial charge >= 0.3 is 5.97 Å². The summed E-state index contributed by atoms with van der Waals surface area (Å²) >= 11 is 0. The number of hydrogen-bond acceptors (Lipinski definition) is 5. The van der Waals surface area contributed by atoms with E-state index in [9.17, 15) is 9.59 Å². The summed E-state index contributed by atoms with van der Waals surface area (Å²) in [6.07, 6.45) is 1.49. The maximum atomic E-state index is 11.9. The molecule has 0 unspecified atom stereocenters. The minimum absolute atomic E-state index is 0.0786. The molecule has 6 heteroatoms. The molecule has 1 amide bonds. The maximum absolute atomic E-state index is 11.9. The molecular weight excluding hydrogens is 234 g/mol. The number of nitrogens with zero attached hydrogens (tertiary/aromatic N) is 3. The van der Waals surface area contributed by atoms with Crippen LogP contribution in [0.25, 0.3) is 0 Å². The Morgan fingerprint density at radius 3 is 2.39 bits per heavy atom. The Bertz CT molecular complexity index is 429. The number of pyridine rings is 1. The van der Waals surface area contributed by atoms with E-state index in [4.69, 9.17) is 0 Å². The van der Waals surface area contributed by atoms with Crippen LogP contribution in [-0.2, 0) is 9.53 Å². The van der Waals surface area contributed by atoms with Crippen molar-refractivity contribution < 1.29 is 14.3 Å². The highest BCUT2D eigenvalue weighted by atomic mass is 16.5. The Morgan fingerprint density at radius 2 is 1.94 bits per heavy atom. The molecule has 18 heavy (non-hydrogen) atoms. The number of carbonyl (C=O) groups excluding carboxylic acids is 2. The second-order valence-electron chi connectivity index (χ2n) is 4.04. The van der Waals surface area contributed by atoms with E-state index in [1.165, 1.54) is 18.2 Å². The van der Waals surface area contributed by atoms with Crippen LogP contribution in [0.3, 0.4) is 0 Å². The summed E-state index contributed by atoms with van der Waals surface area (Å²) in [7, 11) is 6.56. The summed E-state index contributed by atoms with van der Waals surface area (Å²) < 4.78 is 4.50. The van der Waals surface area contributed by atoms with Crippen LogP contribution in [0.2, 0.25) is 0 Å². The van der Waals surface area contributed by atoms with Crippen LogP contribution in [0.15, 0.2) is 18.3 Å². The minimum atomic E-state index is -0.455. The van der Waals surface area contributed by atoms with E-state index in [-0.39, 0.29) is 12.5 Å². The van der Waals surface area contributed by atoms with E-state index >= 15 is 0 Å². The van der Waals surface area contributed by atoms with Gasteiger partial charge < -0.3 is 14.5 Å². The van der Waals surface area contributed by atoms with Gasteiger partial charge in [0.15, 0.2) is 0 Å². The molecule has 0 saturated heterocycles. The van der Waals surface area contributed by atoms with Gasteiger partial charge in [-0.2, -0.15) is 0 Å². The number of hydrogen-bond donors (Lipinski definition) is 0. The Hall–Kier alpha value is -2.11. The predicted octanol–water partition coefficient (Wildman–Crippen LogP) is 0.393. The molecule has 0 spiro atoms. The molecule has 0 atom stereocenters. The van der Waals surface area contributed by atoms with Gasteiger partial charge in [-0.15, -0.1) is 0 Å². The van der Waals surface area contributed by atoms with Crippen molar-refractivity contribution in [2.24, 2.45) is 0 Å². The number of ether oxygens (including phenoxy) is 1. The second-order valence-corrected chi connectivity index (χ2v) is 4.04. The van der Waals surface area contributed by atoms with Gasteiger partial charge in [-0.1, -0.05) is 0 Å². The maximum Gasteiger partial charge on any atom is 0.325 e. The first-order valence-corrected chi connectivity index (χ1v) is 5.41. The van der Waals surface area contributed by atoms with Crippen molar-refractivity contribution >= 4 is 17.7 Å². The van der Waals surface area contributed by atoms with Gasteiger partial charge in [0.1, 0.15) is 12.4 Å². The van der Waals surface area contributed by atoms with Gasteiger partial charge in [-0.05, 0) is 12.1 Å². The Labute approximate surface area is 106 Å². The van der Waals surface area contributed by atoms with E-state index in [0.717, 1.165) is 5.82 Å². The van der Waals surface area contributed by atoms with Crippen LogP contribution in [-0.4, -0.2) is 56.6 Å². The van der Waals surface area contributed by atoms with Gasteiger partial charge in [0.05, 0.1) is 12.7 Å². The van der Waals surface area contributed by atoms with Crippen LogP contribution in [0, 0.1) is 0 Å². The molecular formula is C12H17N3O3. The summed E-state index contributed by atoms with van der Waals surface area (Å²) in [5.74, 6) is 0.0455. The number of likely N-dealkylation sites (N-methyl/N-ethyl adjacent to an activating group) is 1. The summed E-state index contributed by atoms with van der Waals surface area (Å²) in [4.78, 5) is 30.3. The number of esters is 1. The average molecular weight is 251 g/mol. The third kappa shape index (κ3) is 3.44. The molecule has 0 fully saturated rings. The average Bonchev–Trinajstić information content (AvgIpc) is 2.37. The molecule has 1 aromatic rings. The van der Waals surface area contributed by atoms with Crippen LogP contribution in [0.4, 0.5) is 5.82 Å². The predicted molar refractivity (Wildman–Crippen MR) is 67.5 cm³/mol. The number of carbonyl (C=O) groups is 2. The highest BCUT2D eigenvalue weighted by Crippen LogP contribution is 2.09. The van der Waals surface area contributed by atoms with Crippen molar-refractivity contribution in [2.45, 2.75) is 0 Å². The third-order valence-electron chi connectivity index (χ3n) is 2.39. The minimum Gasteiger partial charge on any atom is -0.468 e. The highest BCUT2D eigenvalue weighted by molar-refractivity contribution is 5.95. The van der Waals surface area contributed by atoms with E-state index in [1.54, 1.807) is 19.2 Å². The van der Waals surface area contributed by atoms with Crippen molar-refractivity contribution in [1.82, 2.24) is 9.88 Å². The highest BCUT2D eigenvalue weighted by Gasteiger charge is 2.15.